The monoisotopic (exact) mass is 343 g/mol. The summed E-state index contributed by atoms with van der Waals surface area (Å²) < 4.78 is 0. The molecule has 0 aromatic carbocycles. The summed E-state index contributed by atoms with van der Waals surface area (Å²) >= 11 is 12.7. The van der Waals surface area contributed by atoms with Gasteiger partial charge in [-0.05, 0) is 12.1 Å². The van der Waals surface area contributed by atoms with Crippen molar-refractivity contribution in [1.82, 2.24) is 9.97 Å². The summed E-state index contributed by atoms with van der Waals surface area (Å²) in [5, 5.41) is 13.9. The highest BCUT2D eigenvalue weighted by Crippen LogP contribution is 2.20. The second-order valence-corrected chi connectivity index (χ2v) is 5.29. The number of ketones is 1. The van der Waals surface area contributed by atoms with E-state index in [2.05, 4.69) is 15.3 Å². The Hall–Kier alpha value is -1.96. The predicted molar refractivity (Wildman–Crippen MR) is 80.0 cm³/mol. The lowest BCUT2D eigenvalue weighted by molar-refractivity contribution is -0.132. The quantitative estimate of drug-likeness (QED) is 0.285. The molecule has 6 nitrogen and oxygen atoms in total. The Labute approximate surface area is 133 Å². The van der Waals surface area contributed by atoms with Crippen LogP contribution in [0.3, 0.4) is 0 Å². The zero-order valence-electron chi connectivity index (χ0n) is 10.2. The molecule has 0 radical (unpaired) electrons. The van der Waals surface area contributed by atoms with E-state index in [4.69, 9.17) is 28.3 Å². The zero-order valence-corrected chi connectivity index (χ0v) is 12.5. The van der Waals surface area contributed by atoms with Crippen LogP contribution >= 0.6 is 34.5 Å². The van der Waals surface area contributed by atoms with Crippen molar-refractivity contribution >= 4 is 51.4 Å². The van der Waals surface area contributed by atoms with Crippen molar-refractivity contribution in [2.75, 3.05) is 5.32 Å². The van der Waals surface area contributed by atoms with E-state index >= 15 is 0 Å². The number of nitrogens with one attached hydrogen (secondary N) is 1. The molecule has 0 fully saturated rings. The van der Waals surface area contributed by atoms with Crippen LogP contribution in [0, 0.1) is 0 Å². The largest absolute Gasteiger partial charge is 0.477 e. The molecule has 0 unspecified atom stereocenters. The van der Waals surface area contributed by atoms with Crippen molar-refractivity contribution in [2.24, 2.45) is 0 Å². The van der Waals surface area contributed by atoms with Gasteiger partial charge in [0.1, 0.15) is 15.9 Å². The van der Waals surface area contributed by atoms with E-state index < -0.39 is 17.3 Å². The molecule has 0 amide bonds. The van der Waals surface area contributed by atoms with Gasteiger partial charge in [0.05, 0.1) is 5.56 Å². The third-order valence-corrected chi connectivity index (χ3v) is 3.51. The summed E-state index contributed by atoms with van der Waals surface area (Å²) in [7, 11) is 0. The van der Waals surface area contributed by atoms with Crippen molar-refractivity contribution in [2.45, 2.75) is 0 Å². The fourth-order valence-corrected chi connectivity index (χ4v) is 2.31. The lowest BCUT2D eigenvalue weighted by Crippen LogP contribution is -2.15. The number of aromatic nitrogens is 2. The van der Waals surface area contributed by atoms with Gasteiger partial charge in [0, 0.05) is 17.8 Å². The van der Waals surface area contributed by atoms with Gasteiger partial charge in [-0.1, -0.05) is 23.2 Å². The van der Waals surface area contributed by atoms with Gasteiger partial charge in [0.25, 0.3) is 0 Å². The molecular formula is C12H7Cl2N3O3S. The summed E-state index contributed by atoms with van der Waals surface area (Å²) in [5.41, 5.74) is -0.535. The maximum absolute atomic E-state index is 12.2. The Morgan fingerprint density at radius 2 is 2.10 bits per heavy atom. The number of carboxylic acid groups (broad SMARTS) is 1. The molecule has 2 heterocycles. The Kier molecular flexibility index (Phi) is 4.89. The molecule has 2 rings (SSSR count). The highest BCUT2D eigenvalue weighted by molar-refractivity contribution is 7.13. The summed E-state index contributed by atoms with van der Waals surface area (Å²) in [5.74, 6) is -2.17. The maximum Gasteiger partial charge on any atom is 0.341 e. The fraction of sp³-hybridized carbons (Fsp3) is 0. The van der Waals surface area contributed by atoms with E-state index in [-0.39, 0.29) is 15.9 Å². The van der Waals surface area contributed by atoms with Crippen LogP contribution in [0.4, 0.5) is 5.13 Å². The van der Waals surface area contributed by atoms with E-state index in [9.17, 15) is 9.59 Å². The number of carbonyl (C=O) groups is 2. The van der Waals surface area contributed by atoms with Crippen LogP contribution < -0.4 is 5.32 Å². The highest BCUT2D eigenvalue weighted by atomic mass is 35.5. The number of Topliss-reactive ketones (excluding diaryl/α,β-unsaturated/α-hetero) is 1. The van der Waals surface area contributed by atoms with Crippen LogP contribution in [0.2, 0.25) is 10.3 Å². The second kappa shape index (κ2) is 6.66. The lowest BCUT2D eigenvalue weighted by atomic mass is 10.1. The molecule has 0 aliphatic rings. The normalized spacial score (nSPS) is 11.2. The van der Waals surface area contributed by atoms with Crippen LogP contribution in [0.5, 0.6) is 0 Å². The molecule has 0 bridgehead atoms. The first-order valence-corrected chi connectivity index (χ1v) is 7.09. The minimum atomic E-state index is -1.39. The Bertz CT molecular complexity index is 717. The molecule has 0 atom stereocenters. The molecule has 0 aliphatic carbocycles. The average Bonchev–Trinajstić information content (AvgIpc) is 2.91. The van der Waals surface area contributed by atoms with Crippen molar-refractivity contribution in [3.05, 3.63) is 51.4 Å². The predicted octanol–water partition coefficient (Wildman–Crippen LogP) is 3.11. The van der Waals surface area contributed by atoms with E-state index in [1.807, 2.05) is 0 Å². The fourth-order valence-electron chi connectivity index (χ4n) is 1.38. The summed E-state index contributed by atoms with van der Waals surface area (Å²) in [6.07, 6.45) is 2.61. The smallest absolute Gasteiger partial charge is 0.341 e. The first-order chi connectivity index (χ1) is 9.99. The summed E-state index contributed by atoms with van der Waals surface area (Å²) in [6.45, 7) is 0. The van der Waals surface area contributed by atoms with E-state index in [1.54, 1.807) is 11.6 Å². The number of nitrogens with zero attached hydrogens (tertiary/aromatic N) is 2. The number of rotatable bonds is 5. The number of carbonyl (C=O) groups excluding carboxylic acids is 1. The molecule has 0 aliphatic heterocycles. The number of thiazole rings is 1. The molecule has 21 heavy (non-hydrogen) atoms. The second-order valence-electron chi connectivity index (χ2n) is 3.65. The molecule has 0 spiro atoms. The van der Waals surface area contributed by atoms with Crippen molar-refractivity contribution < 1.29 is 14.7 Å². The number of hydrogen-bond acceptors (Lipinski definition) is 6. The first kappa shape index (κ1) is 15.4. The van der Waals surface area contributed by atoms with Gasteiger partial charge in [0.15, 0.2) is 5.13 Å². The third kappa shape index (κ3) is 3.78. The molecular weight excluding hydrogens is 337 g/mol. The van der Waals surface area contributed by atoms with Gasteiger partial charge in [-0.3, -0.25) is 4.79 Å². The van der Waals surface area contributed by atoms with Crippen LogP contribution in [-0.4, -0.2) is 26.8 Å². The lowest BCUT2D eigenvalue weighted by Gasteiger charge is -2.04. The highest BCUT2D eigenvalue weighted by Gasteiger charge is 2.22. The van der Waals surface area contributed by atoms with E-state index in [1.165, 1.54) is 23.5 Å². The van der Waals surface area contributed by atoms with E-state index in [0.717, 1.165) is 6.20 Å². The van der Waals surface area contributed by atoms with Crippen LogP contribution in [-0.2, 0) is 4.79 Å². The van der Waals surface area contributed by atoms with Gasteiger partial charge in [-0.2, -0.15) is 0 Å². The average molecular weight is 344 g/mol. The van der Waals surface area contributed by atoms with Gasteiger partial charge in [-0.25, -0.2) is 14.8 Å². The summed E-state index contributed by atoms with van der Waals surface area (Å²) in [4.78, 5) is 31.0. The molecule has 2 aromatic heterocycles. The molecule has 0 saturated carbocycles. The van der Waals surface area contributed by atoms with Crippen molar-refractivity contribution in [1.29, 1.82) is 0 Å². The number of anilines is 1. The first-order valence-electron chi connectivity index (χ1n) is 5.45. The van der Waals surface area contributed by atoms with Gasteiger partial charge < -0.3 is 10.4 Å². The molecule has 2 N–H and O–H groups in total. The van der Waals surface area contributed by atoms with Gasteiger partial charge in [-0.15, -0.1) is 11.3 Å². The minimum Gasteiger partial charge on any atom is -0.477 e. The summed E-state index contributed by atoms with van der Waals surface area (Å²) in [6, 6.07) is 2.68. The van der Waals surface area contributed by atoms with Crippen LogP contribution in [0.1, 0.15) is 10.4 Å². The maximum atomic E-state index is 12.2. The van der Waals surface area contributed by atoms with Crippen molar-refractivity contribution in [3.63, 3.8) is 0 Å². The molecule has 9 heteroatoms. The molecule has 0 saturated heterocycles. The standard InChI is InChI=1S/C12H7Cl2N3O3S/c13-8-2-1-6(10(14)17-8)9(18)7(11(19)20)5-16-12-15-3-4-21-12/h1-5H,(H,15,16)(H,19,20)/b7-5-. The topological polar surface area (TPSA) is 92.2 Å². The molecule has 2 aromatic rings. The number of pyridine rings is 1. The zero-order chi connectivity index (χ0) is 15.4. The van der Waals surface area contributed by atoms with E-state index in [0.29, 0.717) is 5.13 Å². The van der Waals surface area contributed by atoms with Crippen LogP contribution in [0.25, 0.3) is 0 Å². The number of halogens is 2. The van der Waals surface area contributed by atoms with Gasteiger partial charge in [0.2, 0.25) is 5.78 Å². The number of hydrogen-bond donors (Lipinski definition) is 2. The molecule has 108 valence electrons. The minimum absolute atomic E-state index is 0.0457. The Morgan fingerprint density at radius 1 is 1.33 bits per heavy atom. The Balaban J connectivity index is 2.31. The number of carboxylic acids is 1. The number of aliphatic carboxylic acids is 1. The van der Waals surface area contributed by atoms with Crippen LogP contribution in [0.15, 0.2) is 35.5 Å². The van der Waals surface area contributed by atoms with Gasteiger partial charge >= 0.3 is 5.97 Å². The Morgan fingerprint density at radius 3 is 2.67 bits per heavy atom. The van der Waals surface area contributed by atoms with Crippen molar-refractivity contribution in [3.8, 4) is 0 Å². The third-order valence-electron chi connectivity index (χ3n) is 2.31. The SMILES string of the molecule is O=C(O)/C(=C\Nc1nccs1)C(=O)c1ccc(Cl)nc1Cl.